The van der Waals surface area contributed by atoms with Gasteiger partial charge in [-0.25, -0.2) is 0 Å². The van der Waals surface area contributed by atoms with Gasteiger partial charge in [-0.15, -0.1) is 0 Å². The van der Waals surface area contributed by atoms with Gasteiger partial charge in [0.1, 0.15) is 16.9 Å². The van der Waals surface area contributed by atoms with Gasteiger partial charge in [-0.05, 0) is 31.2 Å². The van der Waals surface area contributed by atoms with Gasteiger partial charge < -0.3 is 14.4 Å². The zero-order valence-corrected chi connectivity index (χ0v) is 16.6. The van der Waals surface area contributed by atoms with Crippen molar-refractivity contribution in [2.45, 2.75) is 37.2 Å². The number of carbonyl (C=O) groups excluding carboxylic acids is 1. The van der Waals surface area contributed by atoms with Crippen LogP contribution in [0.15, 0.2) is 48.8 Å². The standard InChI is InChI=1S/C22H25ClN2O3/c23-19-15-24-11-8-20(19)28-18-7-4-12-25(16-18)21(26)22(9-13-27-14-10-22)17-5-2-1-3-6-17/h1-3,5-6,8,11,15,18H,4,7,9-10,12-14,16H2. The van der Waals surface area contributed by atoms with Crippen molar-refractivity contribution in [2.75, 3.05) is 26.3 Å². The van der Waals surface area contributed by atoms with E-state index in [2.05, 4.69) is 17.1 Å². The zero-order valence-electron chi connectivity index (χ0n) is 15.9. The van der Waals surface area contributed by atoms with E-state index in [1.807, 2.05) is 23.1 Å². The second-order valence-electron chi connectivity index (χ2n) is 7.50. The first-order chi connectivity index (χ1) is 13.7. The molecule has 0 N–H and O–H groups in total. The molecule has 2 aliphatic rings. The zero-order chi connectivity index (χ0) is 19.4. The topological polar surface area (TPSA) is 51.7 Å². The third kappa shape index (κ3) is 3.87. The summed E-state index contributed by atoms with van der Waals surface area (Å²) in [5.41, 5.74) is 0.582. The lowest BCUT2D eigenvalue weighted by molar-refractivity contribution is -0.144. The van der Waals surface area contributed by atoms with E-state index in [9.17, 15) is 4.79 Å². The Morgan fingerprint density at radius 2 is 2.00 bits per heavy atom. The molecule has 1 atom stereocenters. The molecular formula is C22H25ClN2O3. The van der Waals surface area contributed by atoms with Gasteiger partial charge in [0.2, 0.25) is 5.91 Å². The van der Waals surface area contributed by atoms with Gasteiger partial charge >= 0.3 is 0 Å². The summed E-state index contributed by atoms with van der Waals surface area (Å²) in [5, 5.41) is 0.496. The normalized spacial score (nSPS) is 21.9. The second kappa shape index (κ2) is 8.50. The van der Waals surface area contributed by atoms with E-state index in [0.29, 0.717) is 43.4 Å². The molecule has 2 saturated heterocycles. The molecule has 3 heterocycles. The van der Waals surface area contributed by atoms with E-state index < -0.39 is 5.41 Å². The number of amides is 1. The van der Waals surface area contributed by atoms with Gasteiger partial charge in [0, 0.05) is 38.2 Å². The van der Waals surface area contributed by atoms with Crippen molar-refractivity contribution >= 4 is 17.5 Å². The van der Waals surface area contributed by atoms with E-state index in [4.69, 9.17) is 21.1 Å². The molecule has 0 spiro atoms. The molecule has 2 aliphatic heterocycles. The van der Waals surface area contributed by atoms with E-state index >= 15 is 0 Å². The number of hydrogen-bond acceptors (Lipinski definition) is 4. The Balaban J connectivity index is 1.53. The van der Waals surface area contributed by atoms with Crippen LogP contribution >= 0.6 is 11.6 Å². The molecule has 4 rings (SSSR count). The molecule has 2 fully saturated rings. The van der Waals surface area contributed by atoms with Gasteiger partial charge in [-0.2, -0.15) is 0 Å². The summed E-state index contributed by atoms with van der Waals surface area (Å²) in [6.07, 6.45) is 6.44. The summed E-state index contributed by atoms with van der Waals surface area (Å²) in [4.78, 5) is 19.7. The van der Waals surface area contributed by atoms with Gasteiger partial charge in [0.05, 0.1) is 12.0 Å². The molecule has 1 aromatic carbocycles. The molecule has 148 valence electrons. The molecule has 0 radical (unpaired) electrons. The Morgan fingerprint density at radius 3 is 2.75 bits per heavy atom. The smallest absolute Gasteiger partial charge is 0.233 e. The number of rotatable bonds is 4. The summed E-state index contributed by atoms with van der Waals surface area (Å²) in [6, 6.07) is 11.9. The Bertz CT molecular complexity index is 808. The number of carbonyl (C=O) groups is 1. The van der Waals surface area contributed by atoms with E-state index in [1.165, 1.54) is 0 Å². The SMILES string of the molecule is O=C(N1CCCC(Oc2ccncc2Cl)C1)C1(c2ccccc2)CCOCC1. The van der Waals surface area contributed by atoms with E-state index in [1.54, 1.807) is 18.5 Å². The van der Waals surface area contributed by atoms with Crippen LogP contribution in [-0.2, 0) is 14.9 Å². The number of halogens is 1. The van der Waals surface area contributed by atoms with Crippen molar-refractivity contribution in [1.82, 2.24) is 9.88 Å². The molecule has 2 aromatic rings. The fourth-order valence-corrected chi connectivity index (χ4v) is 4.43. The lowest BCUT2D eigenvalue weighted by Crippen LogP contribution is -2.54. The van der Waals surface area contributed by atoms with Crippen molar-refractivity contribution in [3.63, 3.8) is 0 Å². The van der Waals surface area contributed by atoms with Crippen LogP contribution in [0.3, 0.4) is 0 Å². The highest BCUT2D eigenvalue weighted by Crippen LogP contribution is 2.37. The van der Waals surface area contributed by atoms with Crippen LogP contribution in [-0.4, -0.2) is 48.2 Å². The predicted molar refractivity (Wildman–Crippen MR) is 108 cm³/mol. The highest BCUT2D eigenvalue weighted by atomic mass is 35.5. The minimum atomic E-state index is -0.504. The van der Waals surface area contributed by atoms with Crippen molar-refractivity contribution in [1.29, 1.82) is 0 Å². The number of nitrogens with zero attached hydrogens (tertiary/aromatic N) is 2. The highest BCUT2D eigenvalue weighted by molar-refractivity contribution is 6.31. The number of hydrogen-bond donors (Lipinski definition) is 0. The average Bonchev–Trinajstić information content (AvgIpc) is 2.76. The molecule has 28 heavy (non-hydrogen) atoms. The summed E-state index contributed by atoms with van der Waals surface area (Å²) in [5.74, 6) is 0.816. The van der Waals surface area contributed by atoms with Crippen LogP contribution in [0.2, 0.25) is 5.02 Å². The Labute approximate surface area is 170 Å². The number of aromatic nitrogens is 1. The minimum Gasteiger partial charge on any atom is -0.487 e. The molecule has 0 aliphatic carbocycles. The van der Waals surface area contributed by atoms with Crippen LogP contribution in [0, 0.1) is 0 Å². The molecular weight excluding hydrogens is 376 g/mol. The number of benzene rings is 1. The second-order valence-corrected chi connectivity index (χ2v) is 7.91. The summed E-state index contributed by atoms with van der Waals surface area (Å²) < 4.78 is 11.7. The summed E-state index contributed by atoms with van der Waals surface area (Å²) >= 11 is 6.18. The first kappa shape index (κ1) is 19.2. The molecule has 1 unspecified atom stereocenters. The predicted octanol–water partition coefficient (Wildman–Crippen LogP) is 3.85. The monoisotopic (exact) mass is 400 g/mol. The fraction of sp³-hybridized carbons (Fsp3) is 0.455. The third-order valence-electron chi connectivity index (χ3n) is 5.78. The number of ether oxygens (including phenoxy) is 2. The van der Waals surface area contributed by atoms with Crippen LogP contribution < -0.4 is 4.74 Å². The fourth-order valence-electron chi connectivity index (χ4n) is 4.26. The van der Waals surface area contributed by atoms with Gasteiger partial charge in [0.25, 0.3) is 0 Å². The van der Waals surface area contributed by atoms with Crippen molar-refractivity contribution < 1.29 is 14.3 Å². The van der Waals surface area contributed by atoms with Crippen LogP contribution in [0.4, 0.5) is 0 Å². The van der Waals surface area contributed by atoms with Crippen LogP contribution in [0.25, 0.3) is 0 Å². The molecule has 1 amide bonds. The lowest BCUT2D eigenvalue weighted by atomic mass is 9.72. The highest BCUT2D eigenvalue weighted by Gasteiger charge is 2.45. The first-order valence-corrected chi connectivity index (χ1v) is 10.3. The van der Waals surface area contributed by atoms with E-state index in [0.717, 1.165) is 24.9 Å². The number of pyridine rings is 1. The number of piperidine rings is 1. The lowest BCUT2D eigenvalue weighted by Gasteiger charge is -2.42. The molecule has 0 bridgehead atoms. The Kier molecular flexibility index (Phi) is 5.83. The summed E-state index contributed by atoms with van der Waals surface area (Å²) in [6.45, 7) is 2.56. The maximum Gasteiger partial charge on any atom is 0.233 e. The van der Waals surface area contributed by atoms with Crippen molar-refractivity contribution in [3.05, 3.63) is 59.4 Å². The van der Waals surface area contributed by atoms with Crippen molar-refractivity contribution in [2.24, 2.45) is 0 Å². The molecule has 5 nitrogen and oxygen atoms in total. The number of likely N-dealkylation sites (tertiary alicyclic amines) is 1. The van der Waals surface area contributed by atoms with Crippen LogP contribution in [0.1, 0.15) is 31.2 Å². The van der Waals surface area contributed by atoms with Crippen LogP contribution in [0.5, 0.6) is 5.75 Å². The molecule has 0 saturated carbocycles. The Hall–Kier alpha value is -2.11. The maximum atomic E-state index is 13.7. The first-order valence-electron chi connectivity index (χ1n) is 9.88. The molecule has 1 aromatic heterocycles. The minimum absolute atomic E-state index is 0.0646. The third-order valence-corrected chi connectivity index (χ3v) is 6.06. The Morgan fingerprint density at radius 1 is 1.21 bits per heavy atom. The quantitative estimate of drug-likeness (QED) is 0.782. The van der Waals surface area contributed by atoms with Gasteiger partial charge in [0.15, 0.2) is 0 Å². The largest absolute Gasteiger partial charge is 0.487 e. The van der Waals surface area contributed by atoms with Gasteiger partial charge in [-0.1, -0.05) is 41.9 Å². The van der Waals surface area contributed by atoms with Crippen molar-refractivity contribution in [3.8, 4) is 5.75 Å². The van der Waals surface area contributed by atoms with Gasteiger partial charge in [-0.3, -0.25) is 9.78 Å². The van der Waals surface area contributed by atoms with E-state index in [-0.39, 0.29) is 12.0 Å². The molecule has 6 heteroatoms. The summed E-state index contributed by atoms with van der Waals surface area (Å²) in [7, 11) is 0. The average molecular weight is 401 g/mol. The maximum absolute atomic E-state index is 13.7.